The first-order chi connectivity index (χ1) is 8.50. The van der Waals surface area contributed by atoms with Gasteiger partial charge in [-0.3, -0.25) is 9.48 Å². The summed E-state index contributed by atoms with van der Waals surface area (Å²) in [5.74, 6) is -0.458. The Labute approximate surface area is 105 Å². The van der Waals surface area contributed by atoms with Crippen molar-refractivity contribution in [3.8, 4) is 0 Å². The Morgan fingerprint density at radius 1 is 1.33 bits per heavy atom. The Balaban J connectivity index is 2.45. The van der Waals surface area contributed by atoms with Crippen molar-refractivity contribution in [1.82, 2.24) is 9.78 Å². The van der Waals surface area contributed by atoms with E-state index in [1.165, 1.54) is 18.2 Å². The molecule has 0 bridgehead atoms. The molecule has 3 nitrogen and oxygen atoms in total. The van der Waals surface area contributed by atoms with Gasteiger partial charge in [-0.1, -0.05) is 0 Å². The van der Waals surface area contributed by atoms with E-state index in [-0.39, 0.29) is 17.6 Å². The highest BCUT2D eigenvalue weighted by Gasteiger charge is 2.17. The van der Waals surface area contributed by atoms with Crippen molar-refractivity contribution in [3.63, 3.8) is 0 Å². The number of aryl methyl sites for hydroxylation is 1. The van der Waals surface area contributed by atoms with Gasteiger partial charge in [0, 0.05) is 17.8 Å². The van der Waals surface area contributed by atoms with Crippen molar-refractivity contribution in [2.45, 2.75) is 26.8 Å². The van der Waals surface area contributed by atoms with Crippen LogP contribution in [0.2, 0.25) is 0 Å². The van der Waals surface area contributed by atoms with Gasteiger partial charge in [0.2, 0.25) is 5.78 Å². The van der Waals surface area contributed by atoms with Crippen LogP contribution in [-0.2, 0) is 0 Å². The van der Waals surface area contributed by atoms with Gasteiger partial charge in [-0.25, -0.2) is 4.39 Å². The maximum atomic E-state index is 13.0. The molecule has 0 atom stereocenters. The van der Waals surface area contributed by atoms with Crippen molar-refractivity contribution in [2.75, 3.05) is 0 Å². The molecule has 1 aromatic heterocycles. The maximum Gasteiger partial charge on any atom is 0.211 e. The molecule has 0 amide bonds. The van der Waals surface area contributed by atoms with Crippen molar-refractivity contribution in [1.29, 1.82) is 0 Å². The molecule has 0 saturated carbocycles. The largest absolute Gasteiger partial charge is 0.287 e. The van der Waals surface area contributed by atoms with Gasteiger partial charge in [0.15, 0.2) is 0 Å². The molecule has 18 heavy (non-hydrogen) atoms. The van der Waals surface area contributed by atoms with Gasteiger partial charge in [0.05, 0.1) is 0 Å². The molecule has 1 heterocycles. The predicted octanol–water partition coefficient (Wildman–Crippen LogP) is 3.14. The lowest BCUT2D eigenvalue weighted by Crippen LogP contribution is -2.14. The smallest absolute Gasteiger partial charge is 0.211 e. The summed E-state index contributed by atoms with van der Waals surface area (Å²) in [7, 11) is 0. The molecule has 2 rings (SSSR count). The van der Waals surface area contributed by atoms with Crippen LogP contribution in [0, 0.1) is 12.7 Å². The van der Waals surface area contributed by atoms with Crippen molar-refractivity contribution in [3.05, 3.63) is 53.1 Å². The first-order valence-electron chi connectivity index (χ1n) is 5.85. The molecule has 0 radical (unpaired) electrons. The average molecular weight is 246 g/mol. The first kappa shape index (κ1) is 12.5. The highest BCUT2D eigenvalue weighted by molar-refractivity contribution is 6.08. The molecule has 0 aliphatic heterocycles. The molecule has 4 heteroatoms. The SMILES string of the molecule is Cc1cc(F)ccc1C(=O)c1ccnn1C(C)C. The molecule has 0 unspecified atom stereocenters. The van der Waals surface area contributed by atoms with Crippen LogP contribution in [0.3, 0.4) is 0 Å². The molecule has 0 spiro atoms. The minimum Gasteiger partial charge on any atom is -0.287 e. The number of aromatic nitrogens is 2. The fraction of sp³-hybridized carbons (Fsp3) is 0.286. The number of hydrogen-bond donors (Lipinski definition) is 0. The number of carbonyl (C=O) groups excluding carboxylic acids is 1. The fourth-order valence-corrected chi connectivity index (χ4v) is 1.93. The number of rotatable bonds is 3. The predicted molar refractivity (Wildman–Crippen MR) is 67.2 cm³/mol. The number of benzene rings is 1. The number of hydrogen-bond acceptors (Lipinski definition) is 2. The van der Waals surface area contributed by atoms with E-state index in [0.29, 0.717) is 16.8 Å². The molecule has 0 N–H and O–H groups in total. The second-order valence-corrected chi connectivity index (χ2v) is 4.54. The molecule has 0 aliphatic carbocycles. The van der Waals surface area contributed by atoms with E-state index in [1.54, 1.807) is 23.9 Å². The lowest BCUT2D eigenvalue weighted by atomic mass is 10.0. The Morgan fingerprint density at radius 2 is 2.06 bits per heavy atom. The van der Waals surface area contributed by atoms with Crippen LogP contribution in [0.1, 0.15) is 41.5 Å². The highest BCUT2D eigenvalue weighted by atomic mass is 19.1. The Kier molecular flexibility index (Phi) is 3.28. The summed E-state index contributed by atoms with van der Waals surface area (Å²) in [6.45, 7) is 5.65. The van der Waals surface area contributed by atoms with Gasteiger partial charge in [-0.05, 0) is 50.6 Å². The third-order valence-electron chi connectivity index (χ3n) is 2.83. The van der Waals surface area contributed by atoms with Crippen LogP contribution in [0.5, 0.6) is 0 Å². The summed E-state index contributed by atoms with van der Waals surface area (Å²) >= 11 is 0. The van der Waals surface area contributed by atoms with E-state index in [4.69, 9.17) is 0 Å². The van der Waals surface area contributed by atoms with Crippen LogP contribution in [0.4, 0.5) is 4.39 Å². The zero-order chi connectivity index (χ0) is 13.3. The fourth-order valence-electron chi connectivity index (χ4n) is 1.93. The first-order valence-corrected chi connectivity index (χ1v) is 5.85. The second kappa shape index (κ2) is 4.72. The summed E-state index contributed by atoms with van der Waals surface area (Å²) in [4.78, 5) is 12.4. The Hall–Kier alpha value is -1.97. The van der Waals surface area contributed by atoms with E-state index in [2.05, 4.69) is 5.10 Å². The molecule has 0 fully saturated rings. The summed E-state index contributed by atoms with van der Waals surface area (Å²) in [6, 6.07) is 5.98. The Bertz CT molecular complexity index is 587. The number of halogens is 1. The molecule has 1 aromatic carbocycles. The second-order valence-electron chi connectivity index (χ2n) is 4.54. The molecule has 0 aliphatic rings. The Morgan fingerprint density at radius 3 is 2.67 bits per heavy atom. The average Bonchev–Trinajstić information content (AvgIpc) is 2.77. The van der Waals surface area contributed by atoms with E-state index >= 15 is 0 Å². The summed E-state index contributed by atoms with van der Waals surface area (Å²) in [5, 5.41) is 4.13. The quantitative estimate of drug-likeness (QED) is 0.780. The van der Waals surface area contributed by atoms with Crippen molar-refractivity contribution in [2.24, 2.45) is 0 Å². The number of nitrogens with zero attached hydrogens (tertiary/aromatic N) is 2. The van der Waals surface area contributed by atoms with Crippen LogP contribution in [0.15, 0.2) is 30.5 Å². The zero-order valence-electron chi connectivity index (χ0n) is 10.6. The van der Waals surface area contributed by atoms with E-state index in [9.17, 15) is 9.18 Å². The third kappa shape index (κ3) is 2.18. The highest BCUT2D eigenvalue weighted by Crippen LogP contribution is 2.17. The van der Waals surface area contributed by atoms with Crippen molar-refractivity contribution < 1.29 is 9.18 Å². The van der Waals surface area contributed by atoms with Crippen LogP contribution in [-0.4, -0.2) is 15.6 Å². The lowest BCUT2D eigenvalue weighted by molar-refractivity contribution is 0.102. The van der Waals surface area contributed by atoms with Gasteiger partial charge in [-0.2, -0.15) is 5.10 Å². The lowest BCUT2D eigenvalue weighted by Gasteiger charge is -2.11. The zero-order valence-corrected chi connectivity index (χ0v) is 10.6. The van der Waals surface area contributed by atoms with E-state index in [0.717, 1.165) is 0 Å². The molecule has 94 valence electrons. The number of ketones is 1. The topological polar surface area (TPSA) is 34.9 Å². The minimum atomic E-state index is -0.332. The van der Waals surface area contributed by atoms with Crippen LogP contribution < -0.4 is 0 Å². The summed E-state index contributed by atoms with van der Waals surface area (Å²) < 4.78 is 14.7. The normalized spacial score (nSPS) is 10.9. The van der Waals surface area contributed by atoms with E-state index < -0.39 is 0 Å². The van der Waals surface area contributed by atoms with Gasteiger partial charge in [0.25, 0.3) is 0 Å². The molecular formula is C14H15FN2O. The van der Waals surface area contributed by atoms with E-state index in [1.807, 2.05) is 13.8 Å². The summed E-state index contributed by atoms with van der Waals surface area (Å²) in [6.07, 6.45) is 1.60. The van der Waals surface area contributed by atoms with Gasteiger partial charge in [0.1, 0.15) is 11.5 Å². The monoisotopic (exact) mass is 246 g/mol. The molecule has 2 aromatic rings. The van der Waals surface area contributed by atoms with Gasteiger partial charge < -0.3 is 0 Å². The van der Waals surface area contributed by atoms with Crippen LogP contribution >= 0.6 is 0 Å². The van der Waals surface area contributed by atoms with Crippen LogP contribution in [0.25, 0.3) is 0 Å². The van der Waals surface area contributed by atoms with Gasteiger partial charge >= 0.3 is 0 Å². The van der Waals surface area contributed by atoms with Crippen molar-refractivity contribution >= 4 is 5.78 Å². The number of carbonyl (C=O) groups is 1. The minimum absolute atomic E-state index is 0.111. The maximum absolute atomic E-state index is 13.0. The summed E-state index contributed by atoms with van der Waals surface area (Å²) in [5.41, 5.74) is 1.68. The molecule has 0 saturated heterocycles. The standard InChI is InChI=1S/C14H15FN2O/c1-9(2)17-13(6-7-16-17)14(18)12-5-4-11(15)8-10(12)3/h4-9H,1-3H3. The van der Waals surface area contributed by atoms with Gasteiger partial charge in [-0.15, -0.1) is 0 Å². The third-order valence-corrected chi connectivity index (χ3v) is 2.83. The molecular weight excluding hydrogens is 231 g/mol.